The van der Waals surface area contributed by atoms with Crippen molar-refractivity contribution in [3.8, 4) is 0 Å². The molecule has 0 heterocycles. The summed E-state index contributed by atoms with van der Waals surface area (Å²) in [4.78, 5) is 10.2. The molecule has 0 unspecified atom stereocenters. The normalized spacial score (nSPS) is 23.7. The quantitative estimate of drug-likeness (QED) is 0.659. The molecule has 1 aliphatic rings. The fraction of sp³-hybridized carbons (Fsp3) is 0.538. The zero-order valence-corrected chi connectivity index (χ0v) is 11.1. The number of halogens is 1. The summed E-state index contributed by atoms with van der Waals surface area (Å²) in [5.41, 5.74) is 0.824. The van der Waals surface area contributed by atoms with Gasteiger partial charge in [-0.3, -0.25) is 10.1 Å². The number of nitrogens with zero attached hydrogens (tertiary/aromatic N) is 1. The minimum Gasteiger partial charge on any atom is -0.381 e. The Labute approximate surface area is 111 Å². The van der Waals surface area contributed by atoms with Crippen molar-refractivity contribution in [1.29, 1.82) is 0 Å². The van der Waals surface area contributed by atoms with Crippen LogP contribution in [0.25, 0.3) is 0 Å². The highest BCUT2D eigenvalue weighted by atomic mass is 35.5. The van der Waals surface area contributed by atoms with Gasteiger partial charge in [0.1, 0.15) is 0 Å². The number of nitrogens with one attached hydrogen (secondary N) is 1. The van der Waals surface area contributed by atoms with Gasteiger partial charge in [0, 0.05) is 18.2 Å². The number of nitro groups is 1. The van der Waals surface area contributed by atoms with Crippen LogP contribution in [0.4, 0.5) is 11.4 Å². The number of nitro benzene ring substituents is 1. The Morgan fingerprint density at radius 3 is 2.56 bits per heavy atom. The number of hydrogen-bond donors (Lipinski definition) is 1. The molecule has 1 aromatic rings. The number of hydrogen-bond acceptors (Lipinski definition) is 3. The van der Waals surface area contributed by atoms with Gasteiger partial charge in [-0.05, 0) is 37.7 Å². The molecule has 1 N–H and O–H groups in total. The number of benzene rings is 1. The molecule has 0 radical (unpaired) electrons. The molecule has 98 valence electrons. The molecular weight excluding hydrogens is 252 g/mol. The van der Waals surface area contributed by atoms with Gasteiger partial charge in [-0.15, -0.1) is 0 Å². The van der Waals surface area contributed by atoms with Crippen molar-refractivity contribution in [2.75, 3.05) is 5.32 Å². The van der Waals surface area contributed by atoms with Crippen LogP contribution < -0.4 is 5.32 Å². The Morgan fingerprint density at radius 2 is 2.00 bits per heavy atom. The molecule has 0 spiro atoms. The summed E-state index contributed by atoms with van der Waals surface area (Å²) in [6, 6.07) is 5.01. The van der Waals surface area contributed by atoms with E-state index in [1.54, 1.807) is 6.07 Å². The van der Waals surface area contributed by atoms with Crippen LogP contribution in [0, 0.1) is 16.0 Å². The molecule has 18 heavy (non-hydrogen) atoms. The van der Waals surface area contributed by atoms with Gasteiger partial charge in [0.15, 0.2) is 0 Å². The van der Waals surface area contributed by atoms with Crippen LogP contribution in [0.2, 0.25) is 5.02 Å². The molecule has 5 heteroatoms. The molecular formula is C13H17ClN2O2. The maximum Gasteiger partial charge on any atom is 0.271 e. The van der Waals surface area contributed by atoms with E-state index in [-0.39, 0.29) is 5.69 Å². The largest absolute Gasteiger partial charge is 0.381 e. The minimum atomic E-state index is -0.433. The second kappa shape index (κ2) is 5.57. The van der Waals surface area contributed by atoms with E-state index < -0.39 is 4.92 Å². The van der Waals surface area contributed by atoms with Gasteiger partial charge >= 0.3 is 0 Å². The van der Waals surface area contributed by atoms with Crippen molar-refractivity contribution in [3.05, 3.63) is 33.3 Å². The number of anilines is 1. The van der Waals surface area contributed by atoms with E-state index in [1.807, 2.05) is 0 Å². The number of non-ortho nitro benzene ring substituents is 1. The Bertz CT molecular complexity index is 443. The predicted molar refractivity (Wildman–Crippen MR) is 73.1 cm³/mol. The van der Waals surface area contributed by atoms with E-state index in [4.69, 9.17) is 11.6 Å². The first kappa shape index (κ1) is 13.1. The third-order valence-corrected chi connectivity index (χ3v) is 3.85. The summed E-state index contributed by atoms with van der Waals surface area (Å²) in [6.07, 6.45) is 4.72. The zero-order valence-electron chi connectivity index (χ0n) is 10.4. The van der Waals surface area contributed by atoms with Gasteiger partial charge < -0.3 is 5.32 Å². The van der Waals surface area contributed by atoms with Gasteiger partial charge in [0.2, 0.25) is 0 Å². The van der Waals surface area contributed by atoms with Crippen molar-refractivity contribution in [1.82, 2.24) is 0 Å². The summed E-state index contributed by atoms with van der Waals surface area (Å²) in [5.74, 6) is 0.801. The van der Waals surface area contributed by atoms with Crippen molar-refractivity contribution >= 4 is 23.0 Å². The van der Waals surface area contributed by atoms with Crippen molar-refractivity contribution in [2.24, 2.45) is 5.92 Å². The van der Waals surface area contributed by atoms with Gasteiger partial charge in [-0.25, -0.2) is 0 Å². The second-order valence-corrected chi connectivity index (χ2v) is 5.43. The van der Waals surface area contributed by atoms with Crippen LogP contribution in [0.5, 0.6) is 0 Å². The zero-order chi connectivity index (χ0) is 13.1. The second-order valence-electron chi connectivity index (χ2n) is 5.02. The molecule has 4 nitrogen and oxygen atoms in total. The molecule has 0 aliphatic heterocycles. The average molecular weight is 269 g/mol. The van der Waals surface area contributed by atoms with Crippen LogP contribution in [0.3, 0.4) is 0 Å². The van der Waals surface area contributed by atoms with Crippen LogP contribution >= 0.6 is 11.6 Å². The molecule has 0 saturated heterocycles. The Balaban J connectivity index is 2.03. The van der Waals surface area contributed by atoms with E-state index in [9.17, 15) is 10.1 Å². The first-order chi connectivity index (χ1) is 8.56. The topological polar surface area (TPSA) is 55.2 Å². The maximum atomic E-state index is 10.6. The molecule has 0 aromatic heterocycles. The average Bonchev–Trinajstić information content (AvgIpc) is 2.34. The van der Waals surface area contributed by atoms with Gasteiger partial charge in [-0.2, -0.15) is 0 Å². The van der Waals surface area contributed by atoms with E-state index in [1.165, 1.54) is 25.0 Å². The molecule has 1 aromatic carbocycles. The molecule has 1 fully saturated rings. The molecule has 0 bridgehead atoms. The summed E-state index contributed by atoms with van der Waals surface area (Å²) >= 11 is 6.05. The summed E-state index contributed by atoms with van der Waals surface area (Å²) in [7, 11) is 0. The first-order valence-corrected chi connectivity index (χ1v) is 6.64. The smallest absolute Gasteiger partial charge is 0.271 e. The fourth-order valence-electron chi connectivity index (χ4n) is 2.36. The standard InChI is InChI=1S/C13H17ClN2O2/c1-9-2-4-10(5-3-9)15-13-7-6-11(16(17)18)8-12(13)14/h6-10,15H,2-5H2,1H3. The fourth-order valence-corrected chi connectivity index (χ4v) is 2.59. The first-order valence-electron chi connectivity index (χ1n) is 6.26. The molecule has 1 saturated carbocycles. The van der Waals surface area contributed by atoms with E-state index in [2.05, 4.69) is 12.2 Å². The van der Waals surface area contributed by atoms with Crippen LogP contribution in [0.15, 0.2) is 18.2 Å². The van der Waals surface area contributed by atoms with Crippen molar-refractivity contribution in [3.63, 3.8) is 0 Å². The van der Waals surface area contributed by atoms with Crippen LogP contribution in [-0.4, -0.2) is 11.0 Å². The highest BCUT2D eigenvalue weighted by Gasteiger charge is 2.19. The Morgan fingerprint density at radius 1 is 1.33 bits per heavy atom. The Kier molecular flexibility index (Phi) is 4.07. The van der Waals surface area contributed by atoms with Crippen molar-refractivity contribution < 1.29 is 4.92 Å². The number of rotatable bonds is 3. The van der Waals surface area contributed by atoms with Crippen LogP contribution in [0.1, 0.15) is 32.6 Å². The lowest BCUT2D eigenvalue weighted by Crippen LogP contribution is -2.25. The maximum absolute atomic E-state index is 10.6. The predicted octanol–water partition coefficient (Wildman–Crippen LogP) is 4.24. The third kappa shape index (κ3) is 3.13. The lowest BCUT2D eigenvalue weighted by molar-refractivity contribution is -0.384. The summed E-state index contributed by atoms with van der Waals surface area (Å²) < 4.78 is 0. The lowest BCUT2D eigenvalue weighted by atomic mass is 9.87. The van der Waals surface area contributed by atoms with Crippen LogP contribution in [-0.2, 0) is 0 Å². The molecule has 0 atom stereocenters. The highest BCUT2D eigenvalue weighted by Crippen LogP contribution is 2.31. The molecule has 1 aliphatic carbocycles. The Hall–Kier alpha value is -1.29. The molecule has 0 amide bonds. The monoisotopic (exact) mass is 268 g/mol. The van der Waals surface area contributed by atoms with E-state index >= 15 is 0 Å². The summed E-state index contributed by atoms with van der Waals surface area (Å²) in [6.45, 7) is 2.27. The van der Waals surface area contributed by atoms with E-state index in [0.29, 0.717) is 11.1 Å². The highest BCUT2D eigenvalue weighted by molar-refractivity contribution is 6.33. The minimum absolute atomic E-state index is 0.0304. The van der Waals surface area contributed by atoms with Gasteiger partial charge in [0.05, 0.1) is 15.6 Å². The van der Waals surface area contributed by atoms with E-state index in [0.717, 1.165) is 24.4 Å². The lowest BCUT2D eigenvalue weighted by Gasteiger charge is -2.28. The third-order valence-electron chi connectivity index (χ3n) is 3.54. The SMILES string of the molecule is CC1CCC(Nc2ccc([N+](=O)[O-])cc2Cl)CC1. The molecule has 2 rings (SSSR count). The van der Waals surface area contributed by atoms with Gasteiger partial charge in [0.25, 0.3) is 5.69 Å². The van der Waals surface area contributed by atoms with Crippen molar-refractivity contribution in [2.45, 2.75) is 38.6 Å². The summed E-state index contributed by atoms with van der Waals surface area (Å²) in [5, 5.41) is 14.4. The van der Waals surface area contributed by atoms with Gasteiger partial charge in [-0.1, -0.05) is 18.5 Å².